The highest BCUT2D eigenvalue weighted by molar-refractivity contribution is 6.40. The topological polar surface area (TPSA) is 169 Å². The number of ether oxygens (including phenoxy) is 1. The standard InChI is InChI=1S/C26H24Cl2N8O6/c1-2-34(19-7-3-17(4-8-19)30-31-18-5-9-20(10-6-18)36(39)40)13-14-41-26(38)33-32-25(37)22-12-11-21(42-22)15-35-16-29-23(27)24(35)28/h3-12,16H,2,13-15H2,1H3,(H,32,37)(H,33,38). The molecule has 0 aliphatic heterocycles. The number of azo groups is 1. The Morgan fingerprint density at radius 1 is 1.05 bits per heavy atom. The van der Waals surface area contributed by atoms with Crippen molar-refractivity contribution in [3.05, 3.63) is 98.9 Å². The molecular weight excluding hydrogens is 591 g/mol. The molecule has 0 aliphatic carbocycles. The molecule has 0 spiro atoms. The number of carbonyl (C=O) groups is 2. The van der Waals surface area contributed by atoms with Crippen molar-refractivity contribution in [1.29, 1.82) is 0 Å². The number of benzene rings is 2. The van der Waals surface area contributed by atoms with E-state index in [1.165, 1.54) is 36.7 Å². The number of nitrogens with zero attached hydrogens (tertiary/aromatic N) is 6. The Kier molecular flexibility index (Phi) is 10.1. The highest BCUT2D eigenvalue weighted by Gasteiger charge is 2.15. The van der Waals surface area contributed by atoms with Gasteiger partial charge in [-0.05, 0) is 55.5 Å². The van der Waals surface area contributed by atoms with E-state index < -0.39 is 16.9 Å². The largest absolute Gasteiger partial charge is 0.454 e. The molecule has 2 aromatic heterocycles. The SMILES string of the molecule is CCN(CCOC(=O)NNC(=O)c1ccc(Cn2cnc(Cl)c2Cl)o1)c1ccc(N=Nc2ccc([N+](=O)[O-])cc2)cc1. The second-order valence-corrected chi connectivity index (χ2v) is 9.22. The molecule has 2 N–H and O–H groups in total. The number of nitrogens with one attached hydrogen (secondary N) is 2. The van der Waals surface area contributed by atoms with Gasteiger partial charge in [-0.15, -0.1) is 0 Å². The molecule has 0 atom stereocenters. The minimum absolute atomic E-state index is 0.0208. The summed E-state index contributed by atoms with van der Waals surface area (Å²) in [7, 11) is 0. The first-order chi connectivity index (χ1) is 20.2. The van der Waals surface area contributed by atoms with Crippen LogP contribution < -0.4 is 15.8 Å². The second kappa shape index (κ2) is 14.1. The van der Waals surface area contributed by atoms with E-state index in [2.05, 4.69) is 26.1 Å². The van der Waals surface area contributed by atoms with Crippen LogP contribution in [0.4, 0.5) is 27.5 Å². The molecule has 14 nitrogen and oxygen atoms in total. The molecule has 2 aromatic carbocycles. The van der Waals surface area contributed by atoms with Gasteiger partial charge >= 0.3 is 12.0 Å². The first-order valence-corrected chi connectivity index (χ1v) is 13.2. The van der Waals surface area contributed by atoms with Crippen LogP contribution in [0.15, 0.2) is 81.6 Å². The van der Waals surface area contributed by atoms with Crippen LogP contribution in [0, 0.1) is 10.1 Å². The minimum Gasteiger partial charge on any atom is -0.454 e. The van der Waals surface area contributed by atoms with E-state index in [-0.39, 0.29) is 34.9 Å². The van der Waals surface area contributed by atoms with Crippen LogP contribution in [0.5, 0.6) is 0 Å². The Hall–Kier alpha value is -4.95. The average molecular weight is 615 g/mol. The normalized spacial score (nSPS) is 10.9. The number of likely N-dealkylation sites (N-methyl/N-ethyl adjacent to an activating group) is 1. The number of nitro benzene ring substituents is 1. The summed E-state index contributed by atoms with van der Waals surface area (Å²) in [4.78, 5) is 40.5. The lowest BCUT2D eigenvalue weighted by atomic mass is 10.2. The third-order valence-corrected chi connectivity index (χ3v) is 6.52. The van der Waals surface area contributed by atoms with Crippen molar-refractivity contribution in [1.82, 2.24) is 20.4 Å². The summed E-state index contributed by atoms with van der Waals surface area (Å²) in [5, 5.41) is 19.4. The van der Waals surface area contributed by atoms with Gasteiger partial charge in [0.15, 0.2) is 10.9 Å². The number of hydrogen-bond acceptors (Lipinski definition) is 10. The van der Waals surface area contributed by atoms with Gasteiger partial charge in [-0.1, -0.05) is 23.2 Å². The summed E-state index contributed by atoms with van der Waals surface area (Å²) >= 11 is 11.9. The van der Waals surface area contributed by atoms with E-state index in [0.717, 1.165) is 5.69 Å². The summed E-state index contributed by atoms with van der Waals surface area (Å²) < 4.78 is 12.2. The fourth-order valence-corrected chi connectivity index (χ4v) is 3.92. The lowest BCUT2D eigenvalue weighted by molar-refractivity contribution is -0.384. The van der Waals surface area contributed by atoms with Crippen LogP contribution in [0.25, 0.3) is 0 Å². The molecule has 4 rings (SSSR count). The van der Waals surface area contributed by atoms with Gasteiger partial charge in [-0.3, -0.25) is 20.3 Å². The van der Waals surface area contributed by atoms with Crippen LogP contribution in [0.2, 0.25) is 10.3 Å². The Bertz CT molecular complexity index is 1570. The maximum atomic E-state index is 12.3. The molecule has 4 aromatic rings. The summed E-state index contributed by atoms with van der Waals surface area (Å²) in [6, 6.07) is 16.0. The minimum atomic E-state index is -0.840. The molecule has 0 fully saturated rings. The van der Waals surface area contributed by atoms with Gasteiger partial charge in [0.2, 0.25) is 0 Å². The first kappa shape index (κ1) is 30.0. The molecule has 16 heteroatoms. The number of nitro groups is 1. The molecule has 0 saturated carbocycles. The molecule has 2 heterocycles. The number of imidazole rings is 1. The number of anilines is 1. The van der Waals surface area contributed by atoms with E-state index in [0.29, 0.717) is 30.2 Å². The molecular formula is C26H24Cl2N8O6. The van der Waals surface area contributed by atoms with Crippen LogP contribution in [0.3, 0.4) is 0 Å². The number of halogens is 2. The Balaban J connectivity index is 1.19. The third-order valence-electron chi connectivity index (χ3n) is 5.75. The van der Waals surface area contributed by atoms with E-state index in [9.17, 15) is 19.7 Å². The zero-order valence-corrected chi connectivity index (χ0v) is 23.6. The summed E-state index contributed by atoms with van der Waals surface area (Å²) in [5.41, 5.74) is 6.34. The van der Waals surface area contributed by atoms with Crippen LogP contribution in [-0.2, 0) is 11.3 Å². The molecule has 0 saturated heterocycles. The predicted molar refractivity (Wildman–Crippen MR) is 154 cm³/mol. The van der Waals surface area contributed by atoms with E-state index in [1.807, 2.05) is 24.0 Å². The Morgan fingerprint density at radius 3 is 2.31 bits per heavy atom. The van der Waals surface area contributed by atoms with Gasteiger partial charge in [0, 0.05) is 24.4 Å². The number of furan rings is 1. The van der Waals surface area contributed by atoms with Gasteiger partial charge in [0.1, 0.15) is 17.5 Å². The molecule has 218 valence electrons. The van der Waals surface area contributed by atoms with E-state index >= 15 is 0 Å². The van der Waals surface area contributed by atoms with Crippen LogP contribution in [0.1, 0.15) is 23.2 Å². The van der Waals surface area contributed by atoms with Crippen molar-refractivity contribution in [3.8, 4) is 0 Å². The van der Waals surface area contributed by atoms with Crippen LogP contribution >= 0.6 is 23.2 Å². The summed E-state index contributed by atoms with van der Waals surface area (Å²) in [6.07, 6.45) is 0.603. The summed E-state index contributed by atoms with van der Waals surface area (Å²) in [5.74, 6) is -0.270. The molecule has 0 unspecified atom stereocenters. The third kappa shape index (κ3) is 8.05. The average Bonchev–Trinajstić information content (AvgIpc) is 3.60. The highest BCUT2D eigenvalue weighted by Crippen LogP contribution is 2.24. The zero-order valence-electron chi connectivity index (χ0n) is 22.1. The lowest BCUT2D eigenvalue weighted by Gasteiger charge is -2.23. The van der Waals surface area contributed by atoms with Gasteiger partial charge < -0.3 is 18.6 Å². The smallest absolute Gasteiger partial charge is 0.426 e. The zero-order chi connectivity index (χ0) is 30.1. The van der Waals surface area contributed by atoms with Crippen molar-refractivity contribution < 1.29 is 23.7 Å². The Labute approximate surface area is 249 Å². The van der Waals surface area contributed by atoms with E-state index in [1.54, 1.807) is 22.8 Å². The number of non-ortho nitro benzene ring substituents is 1. The van der Waals surface area contributed by atoms with Crippen molar-refractivity contribution in [2.75, 3.05) is 24.6 Å². The van der Waals surface area contributed by atoms with Gasteiger partial charge in [0.05, 0.1) is 35.7 Å². The van der Waals surface area contributed by atoms with E-state index in [4.69, 9.17) is 32.4 Å². The summed E-state index contributed by atoms with van der Waals surface area (Å²) in [6.45, 7) is 3.25. The van der Waals surface area contributed by atoms with Crippen molar-refractivity contribution in [2.24, 2.45) is 10.2 Å². The quantitative estimate of drug-likeness (QED) is 0.117. The van der Waals surface area contributed by atoms with Crippen LogP contribution in [-0.4, -0.2) is 46.2 Å². The fraction of sp³-hybridized carbons (Fsp3) is 0.192. The number of hydrogen-bond donors (Lipinski definition) is 2. The predicted octanol–water partition coefficient (Wildman–Crippen LogP) is 6.05. The number of aromatic nitrogens is 2. The lowest BCUT2D eigenvalue weighted by Crippen LogP contribution is -2.42. The molecule has 0 radical (unpaired) electrons. The van der Waals surface area contributed by atoms with Crippen molar-refractivity contribution in [3.63, 3.8) is 0 Å². The van der Waals surface area contributed by atoms with Gasteiger partial charge in [0.25, 0.3) is 5.69 Å². The van der Waals surface area contributed by atoms with Crippen molar-refractivity contribution >= 4 is 58.0 Å². The Morgan fingerprint density at radius 2 is 1.71 bits per heavy atom. The molecule has 2 amide bonds. The highest BCUT2D eigenvalue weighted by atomic mass is 35.5. The monoisotopic (exact) mass is 614 g/mol. The number of rotatable bonds is 11. The number of hydrazine groups is 1. The van der Waals surface area contributed by atoms with Crippen molar-refractivity contribution in [2.45, 2.75) is 13.5 Å². The maximum absolute atomic E-state index is 12.3. The molecule has 0 aliphatic rings. The van der Waals surface area contributed by atoms with Gasteiger partial charge in [-0.25, -0.2) is 15.2 Å². The fourth-order valence-electron chi connectivity index (χ4n) is 3.62. The second-order valence-electron chi connectivity index (χ2n) is 8.50. The molecule has 0 bridgehead atoms. The van der Waals surface area contributed by atoms with Gasteiger partial charge in [-0.2, -0.15) is 10.2 Å². The maximum Gasteiger partial charge on any atom is 0.426 e. The number of amides is 2. The first-order valence-electron chi connectivity index (χ1n) is 12.4. The molecule has 42 heavy (non-hydrogen) atoms. The number of carbonyl (C=O) groups excluding carboxylic acids is 2.